The Morgan fingerprint density at radius 2 is 1.77 bits per heavy atom. The van der Waals surface area contributed by atoms with Gasteiger partial charge in [-0.3, -0.25) is 4.79 Å². The second-order valence-electron chi connectivity index (χ2n) is 6.09. The molecule has 0 saturated heterocycles. The fourth-order valence-electron chi connectivity index (χ4n) is 3.32. The lowest BCUT2D eigenvalue weighted by atomic mass is 9.77. The first-order valence-corrected chi connectivity index (χ1v) is 8.71. The molecule has 132 valence electrons. The van der Waals surface area contributed by atoms with Gasteiger partial charge in [0.2, 0.25) is 0 Å². The van der Waals surface area contributed by atoms with E-state index in [-0.39, 0.29) is 24.3 Å². The van der Waals surface area contributed by atoms with E-state index in [1.807, 2.05) is 6.92 Å². The molecule has 1 saturated carbocycles. The summed E-state index contributed by atoms with van der Waals surface area (Å²) in [4.78, 5) is 14.6. The van der Waals surface area contributed by atoms with Crippen molar-refractivity contribution >= 4 is 18.4 Å². The molecule has 2 unspecified atom stereocenters. The highest BCUT2D eigenvalue weighted by molar-refractivity contribution is 5.85. The largest absolute Gasteiger partial charge is 0.464 e. The highest BCUT2D eigenvalue weighted by Crippen LogP contribution is 2.33. The number of rotatable bonds is 9. The van der Waals surface area contributed by atoms with Crippen LogP contribution in [0.4, 0.5) is 0 Å². The van der Waals surface area contributed by atoms with Gasteiger partial charge >= 0.3 is 5.97 Å². The summed E-state index contributed by atoms with van der Waals surface area (Å²) in [6.45, 7) is 9.30. The van der Waals surface area contributed by atoms with E-state index in [9.17, 15) is 9.90 Å². The second-order valence-corrected chi connectivity index (χ2v) is 6.09. The molecule has 0 bridgehead atoms. The van der Waals surface area contributed by atoms with Crippen LogP contribution in [0.3, 0.4) is 0 Å². The maximum Gasteiger partial charge on any atom is 0.311 e. The van der Waals surface area contributed by atoms with Gasteiger partial charge in [0.05, 0.1) is 12.0 Å². The van der Waals surface area contributed by atoms with Crippen molar-refractivity contribution in [2.24, 2.45) is 11.8 Å². The average Bonchev–Trinajstić information content (AvgIpc) is 2.52. The van der Waals surface area contributed by atoms with Gasteiger partial charge in [0.25, 0.3) is 0 Å². The minimum absolute atomic E-state index is 0. The highest BCUT2D eigenvalue weighted by atomic mass is 35.5. The van der Waals surface area contributed by atoms with Gasteiger partial charge in [-0.15, -0.1) is 12.4 Å². The van der Waals surface area contributed by atoms with Gasteiger partial charge in [-0.25, -0.2) is 0 Å². The molecular formula is C17H34ClNO3. The maximum atomic E-state index is 12.4. The van der Waals surface area contributed by atoms with E-state index in [1.54, 1.807) is 0 Å². The first-order chi connectivity index (χ1) is 10.1. The number of hydrogen-bond donors (Lipinski definition) is 1. The van der Waals surface area contributed by atoms with Gasteiger partial charge in [-0.1, -0.05) is 40.0 Å². The van der Waals surface area contributed by atoms with Crippen molar-refractivity contribution in [3.8, 4) is 0 Å². The summed E-state index contributed by atoms with van der Waals surface area (Å²) in [6.07, 6.45) is 5.75. The summed E-state index contributed by atoms with van der Waals surface area (Å²) in [5, 5.41) is 10.2. The molecule has 1 aliphatic rings. The van der Waals surface area contributed by atoms with Gasteiger partial charge in [0, 0.05) is 6.54 Å². The van der Waals surface area contributed by atoms with E-state index in [0.717, 1.165) is 32.5 Å². The Kier molecular flexibility index (Phi) is 12.0. The number of nitrogens with zero attached hydrogens (tertiary/aromatic N) is 1. The molecule has 0 aromatic carbocycles. The normalized spacial score (nSPS) is 18.6. The molecular weight excluding hydrogens is 302 g/mol. The molecule has 0 aromatic heterocycles. The van der Waals surface area contributed by atoms with E-state index in [4.69, 9.17) is 4.74 Å². The molecule has 0 aromatic rings. The molecule has 0 heterocycles. The molecule has 0 amide bonds. The molecule has 2 atom stereocenters. The minimum Gasteiger partial charge on any atom is -0.464 e. The van der Waals surface area contributed by atoms with Gasteiger partial charge in [0.15, 0.2) is 0 Å². The third-order valence-electron chi connectivity index (χ3n) is 4.81. The highest BCUT2D eigenvalue weighted by Gasteiger charge is 2.35. The number of esters is 1. The first kappa shape index (κ1) is 21.7. The summed E-state index contributed by atoms with van der Waals surface area (Å²) in [6, 6.07) is 0. The Hall–Kier alpha value is -0.320. The fraction of sp³-hybridized carbons (Fsp3) is 0.941. The lowest BCUT2D eigenvalue weighted by Gasteiger charge is -2.31. The number of carbonyl (C=O) groups is 1. The zero-order valence-electron chi connectivity index (χ0n) is 14.4. The van der Waals surface area contributed by atoms with Crippen LogP contribution < -0.4 is 0 Å². The van der Waals surface area contributed by atoms with Crippen LogP contribution in [0.25, 0.3) is 0 Å². The number of carbonyl (C=O) groups excluding carboxylic acids is 1. The topological polar surface area (TPSA) is 49.8 Å². The van der Waals surface area contributed by atoms with Crippen molar-refractivity contribution in [2.45, 2.75) is 65.4 Å². The van der Waals surface area contributed by atoms with Crippen LogP contribution in [0, 0.1) is 11.8 Å². The summed E-state index contributed by atoms with van der Waals surface area (Å²) in [7, 11) is 0. The zero-order chi connectivity index (χ0) is 15.7. The Morgan fingerprint density at radius 3 is 2.27 bits per heavy atom. The summed E-state index contributed by atoms with van der Waals surface area (Å²) in [5.41, 5.74) is 0. The zero-order valence-corrected chi connectivity index (χ0v) is 15.2. The number of halogens is 1. The van der Waals surface area contributed by atoms with Crippen molar-refractivity contribution in [3.63, 3.8) is 0 Å². The molecule has 1 N–H and O–H groups in total. The van der Waals surface area contributed by atoms with Gasteiger partial charge in [0.1, 0.15) is 6.61 Å². The van der Waals surface area contributed by atoms with Crippen molar-refractivity contribution < 1.29 is 14.6 Å². The van der Waals surface area contributed by atoms with E-state index in [2.05, 4.69) is 18.7 Å². The van der Waals surface area contributed by atoms with Crippen molar-refractivity contribution in [3.05, 3.63) is 0 Å². The van der Waals surface area contributed by atoms with Gasteiger partial charge in [-0.2, -0.15) is 0 Å². The van der Waals surface area contributed by atoms with Crippen LogP contribution in [0.2, 0.25) is 0 Å². The molecule has 0 aliphatic heterocycles. The molecule has 1 fully saturated rings. The number of aliphatic hydroxyl groups excluding tert-OH is 1. The molecule has 0 radical (unpaired) electrons. The number of likely N-dealkylation sites (N-methyl/N-ethyl adjacent to an activating group) is 1. The lowest BCUT2D eigenvalue weighted by Crippen LogP contribution is -2.38. The number of hydrogen-bond acceptors (Lipinski definition) is 4. The van der Waals surface area contributed by atoms with E-state index in [1.165, 1.54) is 19.3 Å². The summed E-state index contributed by atoms with van der Waals surface area (Å²) < 4.78 is 5.47. The predicted octanol–water partition coefficient (Wildman–Crippen LogP) is 3.26. The Bertz CT molecular complexity index is 292. The van der Waals surface area contributed by atoms with Gasteiger partial charge in [-0.05, 0) is 38.3 Å². The van der Waals surface area contributed by atoms with Crippen molar-refractivity contribution in [1.82, 2.24) is 4.90 Å². The van der Waals surface area contributed by atoms with Crippen LogP contribution in [0.1, 0.15) is 59.3 Å². The van der Waals surface area contributed by atoms with Crippen molar-refractivity contribution in [1.29, 1.82) is 0 Å². The Labute approximate surface area is 142 Å². The third-order valence-corrected chi connectivity index (χ3v) is 4.81. The SMILES string of the molecule is CCC(O)C(C(=O)OCCN(CC)CC)C1CCCCC1.Cl. The molecule has 1 rings (SSSR count). The first-order valence-electron chi connectivity index (χ1n) is 8.71. The molecule has 22 heavy (non-hydrogen) atoms. The molecule has 4 nitrogen and oxygen atoms in total. The lowest BCUT2D eigenvalue weighted by molar-refractivity contribution is -0.156. The van der Waals surface area contributed by atoms with Crippen LogP contribution >= 0.6 is 12.4 Å². The number of ether oxygens (including phenoxy) is 1. The Morgan fingerprint density at radius 1 is 1.18 bits per heavy atom. The predicted molar refractivity (Wildman–Crippen MR) is 92.4 cm³/mol. The van der Waals surface area contributed by atoms with Crippen LogP contribution in [0.5, 0.6) is 0 Å². The molecule has 5 heteroatoms. The molecule has 0 spiro atoms. The minimum atomic E-state index is -0.561. The monoisotopic (exact) mass is 335 g/mol. The van der Waals surface area contributed by atoms with Crippen LogP contribution in [-0.4, -0.2) is 48.3 Å². The summed E-state index contributed by atoms with van der Waals surface area (Å²) in [5.74, 6) is -0.218. The number of aliphatic hydroxyl groups is 1. The van der Waals surface area contributed by atoms with E-state index in [0.29, 0.717) is 18.9 Å². The standard InChI is InChI=1S/C17H33NO3.ClH/c1-4-15(19)16(14-10-8-7-9-11-14)17(20)21-13-12-18(5-2)6-3;/h14-16,19H,4-13H2,1-3H3;1H. The summed E-state index contributed by atoms with van der Waals surface area (Å²) >= 11 is 0. The average molecular weight is 336 g/mol. The van der Waals surface area contributed by atoms with Crippen LogP contribution in [0.15, 0.2) is 0 Å². The smallest absolute Gasteiger partial charge is 0.311 e. The van der Waals surface area contributed by atoms with E-state index < -0.39 is 6.10 Å². The molecule has 1 aliphatic carbocycles. The van der Waals surface area contributed by atoms with Gasteiger partial charge < -0.3 is 14.7 Å². The van der Waals surface area contributed by atoms with Crippen molar-refractivity contribution in [2.75, 3.05) is 26.2 Å². The van der Waals surface area contributed by atoms with E-state index >= 15 is 0 Å². The second kappa shape index (κ2) is 12.1. The third kappa shape index (κ3) is 6.84. The maximum absolute atomic E-state index is 12.4. The Balaban J connectivity index is 0.00000441. The van der Waals surface area contributed by atoms with Crippen LogP contribution in [-0.2, 0) is 9.53 Å². The quantitative estimate of drug-likeness (QED) is 0.657. The fourth-order valence-corrected chi connectivity index (χ4v) is 3.32.